The second-order valence-electron chi connectivity index (χ2n) is 11.6. The summed E-state index contributed by atoms with van der Waals surface area (Å²) in [6, 6.07) is 10.0. The predicted molar refractivity (Wildman–Crippen MR) is 148 cm³/mol. The van der Waals surface area contributed by atoms with Gasteiger partial charge in [-0.1, -0.05) is 51.1 Å². The quantitative estimate of drug-likeness (QED) is 0.425. The number of phenols is 1. The van der Waals surface area contributed by atoms with Gasteiger partial charge < -0.3 is 25.4 Å². The van der Waals surface area contributed by atoms with Gasteiger partial charge in [0.05, 0.1) is 0 Å². The van der Waals surface area contributed by atoms with E-state index >= 15 is 0 Å². The van der Waals surface area contributed by atoms with Gasteiger partial charge in [0, 0.05) is 11.7 Å². The van der Waals surface area contributed by atoms with E-state index in [1.807, 2.05) is 52.8 Å². The second-order valence-corrected chi connectivity index (χ2v) is 11.6. The first kappa shape index (κ1) is 29.0. The number of aromatic hydroxyl groups is 1. The van der Waals surface area contributed by atoms with E-state index < -0.39 is 23.8 Å². The summed E-state index contributed by atoms with van der Waals surface area (Å²) in [5.41, 5.74) is 2.25. The van der Waals surface area contributed by atoms with E-state index in [9.17, 15) is 19.5 Å². The van der Waals surface area contributed by atoms with Crippen LogP contribution in [-0.4, -0.2) is 45.6 Å². The highest BCUT2D eigenvalue weighted by molar-refractivity contribution is 6.00. The van der Waals surface area contributed by atoms with E-state index in [0.29, 0.717) is 11.3 Å². The van der Waals surface area contributed by atoms with Crippen LogP contribution in [0.25, 0.3) is 0 Å². The Labute approximate surface area is 225 Å². The first-order valence-corrected chi connectivity index (χ1v) is 13.2. The molecule has 1 aliphatic rings. The zero-order valence-electron chi connectivity index (χ0n) is 23.7. The number of hydrogen-bond acceptors (Lipinski definition) is 5. The van der Waals surface area contributed by atoms with Crippen LogP contribution in [0.2, 0.25) is 0 Å². The van der Waals surface area contributed by atoms with Crippen LogP contribution in [0.15, 0.2) is 42.5 Å². The Balaban J connectivity index is 2.05. The van der Waals surface area contributed by atoms with Crippen molar-refractivity contribution in [2.75, 3.05) is 5.32 Å². The standard InChI is InChI=1S/C30H41N3O5/c1-17(2)24(32-29(37)38-30(6,7)8)28(36)33(23-15-20(23)5)26(21-13-10-14-22(34)16-21)27(35)31-25-18(3)11-9-12-19(25)4/h9-14,16-17,20,23-24,26,34H,15H2,1-8H3,(H,31,35)(H,32,37). The van der Waals surface area contributed by atoms with Gasteiger partial charge in [0.2, 0.25) is 5.91 Å². The van der Waals surface area contributed by atoms with Gasteiger partial charge in [-0.25, -0.2) is 4.79 Å². The third-order valence-electron chi connectivity index (χ3n) is 6.73. The molecule has 0 aliphatic heterocycles. The van der Waals surface area contributed by atoms with Crippen LogP contribution in [0.3, 0.4) is 0 Å². The molecular formula is C30H41N3O5. The highest BCUT2D eigenvalue weighted by Gasteiger charge is 2.48. The number of aryl methyl sites for hydroxylation is 2. The molecule has 3 rings (SSSR count). The van der Waals surface area contributed by atoms with Crippen LogP contribution >= 0.6 is 0 Å². The molecule has 206 valence electrons. The molecular weight excluding hydrogens is 482 g/mol. The van der Waals surface area contributed by atoms with Crippen LogP contribution in [0.4, 0.5) is 10.5 Å². The minimum atomic E-state index is -1.02. The number of carbonyl (C=O) groups is 3. The number of amides is 3. The maximum Gasteiger partial charge on any atom is 0.408 e. The van der Waals surface area contributed by atoms with Gasteiger partial charge in [0.1, 0.15) is 23.4 Å². The van der Waals surface area contributed by atoms with Crippen molar-refractivity contribution in [2.45, 2.75) is 85.5 Å². The molecule has 0 bridgehead atoms. The van der Waals surface area contributed by atoms with Gasteiger partial charge in [-0.15, -0.1) is 0 Å². The minimum Gasteiger partial charge on any atom is -0.508 e. The molecule has 8 heteroatoms. The Morgan fingerprint density at radius 1 is 1.05 bits per heavy atom. The molecule has 3 N–H and O–H groups in total. The molecule has 4 unspecified atom stereocenters. The molecule has 0 spiro atoms. The number of carbonyl (C=O) groups excluding carboxylic acids is 3. The molecule has 1 fully saturated rings. The molecule has 4 atom stereocenters. The number of nitrogens with zero attached hydrogens (tertiary/aromatic N) is 1. The largest absolute Gasteiger partial charge is 0.508 e. The second kappa shape index (κ2) is 11.5. The van der Waals surface area contributed by atoms with Crippen molar-refractivity contribution in [2.24, 2.45) is 11.8 Å². The lowest BCUT2D eigenvalue weighted by molar-refractivity contribution is -0.142. The van der Waals surface area contributed by atoms with Gasteiger partial charge in [0.25, 0.3) is 5.91 Å². The monoisotopic (exact) mass is 523 g/mol. The third kappa shape index (κ3) is 7.05. The van der Waals surface area contributed by atoms with Crippen LogP contribution < -0.4 is 10.6 Å². The molecule has 1 aliphatic carbocycles. The zero-order chi connectivity index (χ0) is 28.4. The van der Waals surface area contributed by atoms with Gasteiger partial charge >= 0.3 is 6.09 Å². The maximum atomic E-state index is 14.2. The Morgan fingerprint density at radius 3 is 2.13 bits per heavy atom. The van der Waals surface area contributed by atoms with Crippen LogP contribution in [-0.2, 0) is 14.3 Å². The summed E-state index contributed by atoms with van der Waals surface area (Å²) in [5.74, 6) is -0.847. The molecule has 0 radical (unpaired) electrons. The molecule has 2 aromatic rings. The first-order valence-electron chi connectivity index (χ1n) is 13.2. The molecule has 0 heterocycles. The van der Waals surface area contributed by atoms with E-state index in [2.05, 4.69) is 10.6 Å². The lowest BCUT2D eigenvalue weighted by Gasteiger charge is -2.36. The van der Waals surface area contributed by atoms with Gasteiger partial charge in [-0.05, 0) is 81.7 Å². The number of rotatable bonds is 8. The Morgan fingerprint density at radius 2 is 1.63 bits per heavy atom. The molecule has 3 amide bonds. The van der Waals surface area contributed by atoms with Crippen molar-refractivity contribution in [1.82, 2.24) is 10.2 Å². The number of benzene rings is 2. The van der Waals surface area contributed by atoms with Gasteiger partial charge in [-0.2, -0.15) is 0 Å². The number of hydrogen-bond donors (Lipinski definition) is 3. The van der Waals surface area contributed by atoms with Gasteiger partial charge in [0.15, 0.2) is 0 Å². The highest BCUT2D eigenvalue weighted by atomic mass is 16.6. The van der Waals surface area contributed by atoms with Crippen LogP contribution in [0.1, 0.15) is 70.7 Å². The summed E-state index contributed by atoms with van der Waals surface area (Å²) in [6.45, 7) is 14.8. The first-order chi connectivity index (χ1) is 17.7. The van der Waals surface area contributed by atoms with E-state index in [0.717, 1.165) is 17.5 Å². The molecule has 8 nitrogen and oxygen atoms in total. The average molecular weight is 524 g/mol. The Bertz CT molecular complexity index is 1170. The molecule has 38 heavy (non-hydrogen) atoms. The third-order valence-corrected chi connectivity index (χ3v) is 6.73. The van der Waals surface area contributed by atoms with Crippen LogP contribution in [0.5, 0.6) is 5.75 Å². The molecule has 0 aromatic heterocycles. The summed E-state index contributed by atoms with van der Waals surface area (Å²) < 4.78 is 5.43. The minimum absolute atomic E-state index is 0.00379. The van der Waals surface area contributed by atoms with Crippen molar-refractivity contribution in [3.63, 3.8) is 0 Å². The van der Waals surface area contributed by atoms with Crippen LogP contribution in [0, 0.1) is 25.7 Å². The van der Waals surface area contributed by atoms with Crippen molar-refractivity contribution < 1.29 is 24.2 Å². The SMILES string of the molecule is Cc1cccc(C)c1NC(=O)C(c1cccc(O)c1)N(C(=O)C(NC(=O)OC(C)(C)C)C(C)C)C1CC1C. The molecule has 1 saturated carbocycles. The molecule has 0 saturated heterocycles. The topological polar surface area (TPSA) is 108 Å². The highest BCUT2D eigenvalue weighted by Crippen LogP contribution is 2.42. The summed E-state index contributed by atoms with van der Waals surface area (Å²) >= 11 is 0. The molecule has 2 aromatic carbocycles. The van der Waals surface area contributed by atoms with Crippen molar-refractivity contribution in [3.8, 4) is 5.75 Å². The lowest BCUT2D eigenvalue weighted by Crippen LogP contribution is -2.55. The zero-order valence-corrected chi connectivity index (χ0v) is 23.7. The Hall–Kier alpha value is -3.55. The fraction of sp³-hybridized carbons (Fsp3) is 0.500. The summed E-state index contributed by atoms with van der Waals surface area (Å²) in [6.07, 6.45) is 0.0388. The van der Waals surface area contributed by atoms with Gasteiger partial charge in [-0.3, -0.25) is 9.59 Å². The fourth-order valence-electron chi connectivity index (χ4n) is 4.62. The maximum absolute atomic E-state index is 14.2. The number of phenolic OH excluding ortho intramolecular Hbond substituents is 1. The van der Waals surface area contributed by atoms with E-state index in [1.54, 1.807) is 37.8 Å². The number of nitrogens with one attached hydrogen (secondary N) is 2. The fourth-order valence-corrected chi connectivity index (χ4v) is 4.62. The predicted octanol–water partition coefficient (Wildman–Crippen LogP) is 5.48. The Kier molecular flexibility index (Phi) is 8.75. The van der Waals surface area contributed by atoms with Crippen molar-refractivity contribution in [1.29, 1.82) is 0 Å². The summed E-state index contributed by atoms with van der Waals surface area (Å²) in [5, 5.41) is 16.0. The van der Waals surface area contributed by atoms with E-state index in [-0.39, 0.29) is 35.4 Å². The number of ether oxygens (including phenoxy) is 1. The van der Waals surface area contributed by atoms with E-state index in [1.165, 1.54) is 12.1 Å². The van der Waals surface area contributed by atoms with Crippen molar-refractivity contribution >= 4 is 23.6 Å². The smallest absolute Gasteiger partial charge is 0.408 e. The summed E-state index contributed by atoms with van der Waals surface area (Å²) in [4.78, 5) is 42.5. The summed E-state index contributed by atoms with van der Waals surface area (Å²) in [7, 11) is 0. The number of alkyl carbamates (subject to hydrolysis) is 1. The van der Waals surface area contributed by atoms with Crippen molar-refractivity contribution in [3.05, 3.63) is 59.2 Å². The lowest BCUT2D eigenvalue weighted by atomic mass is 9.98. The number of para-hydroxylation sites is 1. The average Bonchev–Trinajstić information content (AvgIpc) is 3.52. The van der Waals surface area contributed by atoms with E-state index in [4.69, 9.17) is 4.74 Å². The number of anilines is 1. The normalized spacial score (nSPS) is 18.3.